The number of nitrogens with zero attached hydrogens (tertiary/aromatic N) is 6. The van der Waals surface area contributed by atoms with Gasteiger partial charge in [-0.05, 0) is 37.8 Å². The summed E-state index contributed by atoms with van der Waals surface area (Å²) in [5.41, 5.74) is 1.90. The molecule has 1 saturated heterocycles. The van der Waals surface area contributed by atoms with E-state index in [0.717, 1.165) is 54.1 Å². The van der Waals surface area contributed by atoms with Gasteiger partial charge in [0.25, 0.3) is 0 Å². The van der Waals surface area contributed by atoms with E-state index >= 15 is 0 Å². The van der Waals surface area contributed by atoms with Gasteiger partial charge in [0.05, 0.1) is 17.3 Å². The van der Waals surface area contributed by atoms with E-state index < -0.39 is 0 Å². The van der Waals surface area contributed by atoms with Crippen LogP contribution in [0.4, 0.5) is 5.82 Å². The molecule has 3 atom stereocenters. The first kappa shape index (κ1) is 18.6. The molecule has 0 unspecified atom stereocenters. The number of anilines is 1. The van der Waals surface area contributed by atoms with Crippen molar-refractivity contribution in [2.45, 2.75) is 51.6 Å². The van der Waals surface area contributed by atoms with Crippen molar-refractivity contribution in [3.63, 3.8) is 0 Å². The molecule has 29 heavy (non-hydrogen) atoms. The predicted molar refractivity (Wildman–Crippen MR) is 116 cm³/mol. The Bertz CT molecular complexity index is 968. The van der Waals surface area contributed by atoms with Crippen LogP contribution < -0.4 is 4.90 Å². The highest BCUT2D eigenvalue weighted by molar-refractivity contribution is 5.87. The van der Waals surface area contributed by atoms with Crippen LogP contribution in [0.5, 0.6) is 0 Å². The van der Waals surface area contributed by atoms with Crippen molar-refractivity contribution in [3.8, 4) is 5.69 Å². The third-order valence-corrected chi connectivity index (χ3v) is 6.70. The molecule has 6 nitrogen and oxygen atoms in total. The molecule has 0 amide bonds. The van der Waals surface area contributed by atoms with E-state index in [1.165, 1.54) is 25.7 Å². The number of benzene rings is 1. The van der Waals surface area contributed by atoms with Crippen LogP contribution in [-0.2, 0) is 0 Å². The molecule has 1 saturated carbocycles. The second-order valence-corrected chi connectivity index (χ2v) is 8.78. The zero-order valence-corrected chi connectivity index (χ0v) is 17.4. The van der Waals surface area contributed by atoms with E-state index in [0.29, 0.717) is 6.04 Å². The van der Waals surface area contributed by atoms with Gasteiger partial charge in [-0.2, -0.15) is 5.10 Å². The summed E-state index contributed by atoms with van der Waals surface area (Å²) in [7, 11) is 0. The Kier molecular flexibility index (Phi) is 4.96. The van der Waals surface area contributed by atoms with Crippen molar-refractivity contribution in [1.29, 1.82) is 0 Å². The van der Waals surface area contributed by atoms with Gasteiger partial charge in [-0.1, -0.05) is 38.0 Å². The van der Waals surface area contributed by atoms with Crippen molar-refractivity contribution in [3.05, 3.63) is 42.9 Å². The lowest BCUT2D eigenvalue weighted by molar-refractivity contribution is 0.0862. The van der Waals surface area contributed by atoms with E-state index in [-0.39, 0.29) is 0 Å². The zero-order valence-electron chi connectivity index (χ0n) is 17.4. The highest BCUT2D eigenvalue weighted by atomic mass is 15.3. The maximum Gasteiger partial charge on any atom is 0.168 e. The first-order chi connectivity index (χ1) is 14.2. The van der Waals surface area contributed by atoms with Crippen LogP contribution in [0.2, 0.25) is 0 Å². The number of para-hydroxylation sites is 1. The van der Waals surface area contributed by atoms with Gasteiger partial charge in [-0.25, -0.2) is 14.6 Å². The second kappa shape index (κ2) is 7.75. The van der Waals surface area contributed by atoms with Crippen molar-refractivity contribution >= 4 is 16.9 Å². The number of rotatable bonds is 3. The summed E-state index contributed by atoms with van der Waals surface area (Å²) in [5, 5.41) is 5.64. The van der Waals surface area contributed by atoms with Gasteiger partial charge >= 0.3 is 0 Å². The number of piperazine rings is 1. The van der Waals surface area contributed by atoms with Crippen molar-refractivity contribution < 1.29 is 0 Å². The maximum atomic E-state index is 4.66. The van der Waals surface area contributed by atoms with Gasteiger partial charge in [0.1, 0.15) is 12.1 Å². The number of hydrogen-bond acceptors (Lipinski definition) is 5. The Morgan fingerprint density at radius 3 is 2.66 bits per heavy atom. The molecule has 0 N–H and O–H groups in total. The lowest BCUT2D eigenvalue weighted by atomic mass is 9.85. The normalized spacial score (nSPS) is 26.1. The van der Waals surface area contributed by atoms with Crippen LogP contribution in [0.15, 0.2) is 42.9 Å². The molecule has 2 aromatic heterocycles. The van der Waals surface area contributed by atoms with Gasteiger partial charge < -0.3 is 4.90 Å². The molecule has 5 rings (SSSR count). The molecular weight excluding hydrogens is 360 g/mol. The molecule has 0 radical (unpaired) electrons. The molecule has 2 aliphatic rings. The topological polar surface area (TPSA) is 50.1 Å². The van der Waals surface area contributed by atoms with E-state index in [1.807, 2.05) is 29.1 Å². The van der Waals surface area contributed by atoms with Crippen molar-refractivity contribution in [2.24, 2.45) is 5.92 Å². The molecule has 0 bridgehead atoms. The van der Waals surface area contributed by atoms with Crippen LogP contribution in [0.1, 0.15) is 39.5 Å². The van der Waals surface area contributed by atoms with Crippen LogP contribution >= 0.6 is 0 Å². The molecule has 1 aliphatic carbocycles. The lowest BCUT2D eigenvalue weighted by Gasteiger charge is -2.46. The fourth-order valence-corrected chi connectivity index (χ4v) is 5.25. The van der Waals surface area contributed by atoms with Crippen molar-refractivity contribution in [1.82, 2.24) is 24.6 Å². The van der Waals surface area contributed by atoms with Gasteiger partial charge in [0, 0.05) is 31.7 Å². The zero-order chi connectivity index (χ0) is 19.8. The summed E-state index contributed by atoms with van der Waals surface area (Å²) in [6.07, 6.45) is 9.08. The first-order valence-corrected chi connectivity index (χ1v) is 11.0. The minimum atomic E-state index is 0.535. The van der Waals surface area contributed by atoms with Crippen LogP contribution in [0.3, 0.4) is 0 Å². The molecule has 2 fully saturated rings. The van der Waals surface area contributed by atoms with E-state index in [4.69, 9.17) is 0 Å². The Labute approximate surface area is 172 Å². The minimum absolute atomic E-state index is 0.535. The van der Waals surface area contributed by atoms with Crippen molar-refractivity contribution in [2.75, 3.05) is 24.5 Å². The van der Waals surface area contributed by atoms with E-state index in [1.54, 1.807) is 6.33 Å². The minimum Gasteiger partial charge on any atom is -0.353 e. The molecule has 1 aromatic carbocycles. The molecular formula is C23H30N6. The van der Waals surface area contributed by atoms with Crippen LogP contribution in [-0.4, -0.2) is 56.4 Å². The fraction of sp³-hybridized carbons (Fsp3) is 0.522. The fourth-order valence-electron chi connectivity index (χ4n) is 5.25. The number of aromatic nitrogens is 4. The maximum absolute atomic E-state index is 4.66. The summed E-state index contributed by atoms with van der Waals surface area (Å²) in [5.74, 6) is 1.88. The Morgan fingerprint density at radius 1 is 1.00 bits per heavy atom. The molecule has 152 valence electrons. The quantitative estimate of drug-likeness (QED) is 0.679. The average molecular weight is 391 g/mol. The van der Waals surface area contributed by atoms with Gasteiger partial charge in [-0.3, -0.25) is 4.90 Å². The summed E-state index contributed by atoms with van der Waals surface area (Å²) in [4.78, 5) is 14.4. The average Bonchev–Trinajstić information content (AvgIpc) is 3.18. The lowest BCUT2D eigenvalue weighted by Crippen LogP contribution is -2.56. The summed E-state index contributed by atoms with van der Waals surface area (Å²) < 4.78 is 1.91. The Hall–Kier alpha value is -2.47. The molecule has 3 aromatic rings. The Morgan fingerprint density at radius 2 is 1.86 bits per heavy atom. The number of fused-ring (bicyclic) bond motifs is 1. The highest BCUT2D eigenvalue weighted by Gasteiger charge is 2.32. The molecule has 3 heterocycles. The monoisotopic (exact) mass is 390 g/mol. The number of hydrogen-bond donors (Lipinski definition) is 0. The molecule has 0 spiro atoms. The van der Waals surface area contributed by atoms with Gasteiger partial charge in [-0.15, -0.1) is 0 Å². The first-order valence-electron chi connectivity index (χ1n) is 11.0. The van der Waals surface area contributed by atoms with Gasteiger partial charge in [0.2, 0.25) is 0 Å². The summed E-state index contributed by atoms with van der Waals surface area (Å²) in [6, 6.07) is 11.5. The predicted octanol–water partition coefficient (Wildman–Crippen LogP) is 3.90. The smallest absolute Gasteiger partial charge is 0.168 e. The third-order valence-electron chi connectivity index (χ3n) is 6.70. The largest absolute Gasteiger partial charge is 0.353 e. The second-order valence-electron chi connectivity index (χ2n) is 8.78. The van der Waals surface area contributed by atoms with Gasteiger partial charge in [0.15, 0.2) is 5.65 Å². The van der Waals surface area contributed by atoms with Crippen LogP contribution in [0, 0.1) is 5.92 Å². The molecule has 6 heteroatoms. The molecule has 1 aliphatic heterocycles. The summed E-state index contributed by atoms with van der Waals surface area (Å²) in [6.45, 7) is 7.91. The Balaban J connectivity index is 1.39. The third kappa shape index (κ3) is 3.50. The van der Waals surface area contributed by atoms with Crippen LogP contribution in [0.25, 0.3) is 16.7 Å². The standard InChI is InChI=1S/C23H30N6/c1-17-7-6-10-20(13-17)28-12-11-27(15-18(28)2)22-21-14-26-29(23(21)25-16-24-22)19-8-4-3-5-9-19/h3-5,8-9,14,16-18,20H,6-7,10-13,15H2,1-2H3/t17-,18-,20-/m0/s1. The highest BCUT2D eigenvalue weighted by Crippen LogP contribution is 2.31. The van der Waals surface area contributed by atoms with E-state index in [9.17, 15) is 0 Å². The SMILES string of the molecule is C[C@H]1CCC[C@H](N2CCN(c3ncnc4c3cnn4-c3ccccc3)C[C@@H]2C)C1. The van der Waals surface area contributed by atoms with E-state index in [2.05, 4.69) is 50.8 Å². The summed E-state index contributed by atoms with van der Waals surface area (Å²) >= 11 is 0.